The van der Waals surface area contributed by atoms with Gasteiger partial charge in [0.2, 0.25) is 0 Å². The van der Waals surface area contributed by atoms with Crippen LogP contribution in [0.25, 0.3) is 16.9 Å². The van der Waals surface area contributed by atoms with Crippen LogP contribution in [-0.4, -0.2) is 28.8 Å². The zero-order valence-corrected chi connectivity index (χ0v) is 12.9. The summed E-state index contributed by atoms with van der Waals surface area (Å²) in [5, 5.41) is 4.45. The molecule has 0 radical (unpaired) electrons. The average Bonchev–Trinajstić information content (AvgIpc) is 2.97. The highest BCUT2D eigenvalue weighted by Gasteiger charge is 2.08. The molecule has 0 amide bonds. The Morgan fingerprint density at radius 3 is 2.50 bits per heavy atom. The number of anilines is 1. The first-order valence-electron chi connectivity index (χ1n) is 7.27. The molecule has 2 aromatic carbocycles. The van der Waals surface area contributed by atoms with E-state index in [0.29, 0.717) is 0 Å². The summed E-state index contributed by atoms with van der Waals surface area (Å²) in [7, 11) is 4.14. The molecule has 0 saturated heterocycles. The molecule has 0 saturated carbocycles. The van der Waals surface area contributed by atoms with Crippen LogP contribution in [0.3, 0.4) is 0 Å². The van der Waals surface area contributed by atoms with E-state index in [9.17, 15) is 0 Å². The number of nitrogens with two attached hydrogens (primary N) is 1. The maximum atomic E-state index is 5.89. The third kappa shape index (κ3) is 3.02. The molecular formula is C18H20N4. The van der Waals surface area contributed by atoms with Crippen LogP contribution >= 0.6 is 0 Å². The fourth-order valence-corrected chi connectivity index (χ4v) is 2.53. The smallest absolute Gasteiger partial charge is 0.0741 e. The molecule has 4 nitrogen and oxygen atoms in total. The Bertz CT molecular complexity index is 757. The summed E-state index contributed by atoms with van der Waals surface area (Å²) >= 11 is 0. The molecule has 4 heteroatoms. The lowest BCUT2D eigenvalue weighted by atomic mass is 10.1. The normalized spacial score (nSPS) is 11.0. The van der Waals surface area contributed by atoms with E-state index in [1.165, 1.54) is 5.56 Å². The molecule has 1 aromatic heterocycles. The lowest BCUT2D eigenvalue weighted by molar-refractivity contribution is 0.402. The summed E-state index contributed by atoms with van der Waals surface area (Å²) in [4.78, 5) is 2.15. The van der Waals surface area contributed by atoms with Crippen molar-refractivity contribution in [3.05, 3.63) is 66.4 Å². The molecule has 0 bridgehead atoms. The van der Waals surface area contributed by atoms with Gasteiger partial charge in [-0.15, -0.1) is 0 Å². The minimum atomic E-state index is 0.756. The Kier molecular flexibility index (Phi) is 3.94. The number of rotatable bonds is 4. The van der Waals surface area contributed by atoms with Crippen LogP contribution in [0.5, 0.6) is 0 Å². The summed E-state index contributed by atoms with van der Waals surface area (Å²) in [6.07, 6.45) is 1.81. The highest BCUT2D eigenvalue weighted by Crippen LogP contribution is 2.24. The molecule has 0 aliphatic heterocycles. The Labute approximate surface area is 130 Å². The molecule has 112 valence electrons. The number of aromatic nitrogens is 2. The maximum Gasteiger partial charge on any atom is 0.0741 e. The molecule has 0 fully saturated rings. The topological polar surface area (TPSA) is 47.1 Å². The van der Waals surface area contributed by atoms with Crippen molar-refractivity contribution in [2.45, 2.75) is 6.54 Å². The maximum absolute atomic E-state index is 5.89. The minimum Gasteiger partial charge on any atom is -0.399 e. The van der Waals surface area contributed by atoms with Gasteiger partial charge in [-0.1, -0.05) is 24.3 Å². The average molecular weight is 292 g/mol. The van der Waals surface area contributed by atoms with Gasteiger partial charge in [-0.3, -0.25) is 0 Å². The van der Waals surface area contributed by atoms with E-state index in [1.807, 2.05) is 41.2 Å². The van der Waals surface area contributed by atoms with E-state index in [0.717, 1.165) is 29.2 Å². The van der Waals surface area contributed by atoms with Gasteiger partial charge < -0.3 is 10.6 Å². The lowest BCUT2D eigenvalue weighted by Crippen LogP contribution is -2.10. The monoisotopic (exact) mass is 292 g/mol. The highest BCUT2D eigenvalue weighted by atomic mass is 15.3. The predicted molar refractivity (Wildman–Crippen MR) is 90.8 cm³/mol. The second-order valence-corrected chi connectivity index (χ2v) is 5.66. The van der Waals surface area contributed by atoms with E-state index in [1.54, 1.807) is 0 Å². The van der Waals surface area contributed by atoms with Gasteiger partial charge in [-0.25, -0.2) is 4.68 Å². The van der Waals surface area contributed by atoms with Gasteiger partial charge in [-0.05, 0) is 50.0 Å². The van der Waals surface area contributed by atoms with E-state index < -0.39 is 0 Å². The number of nitrogen functional groups attached to an aromatic ring is 1. The molecule has 22 heavy (non-hydrogen) atoms. The fourth-order valence-electron chi connectivity index (χ4n) is 2.53. The predicted octanol–water partition coefficient (Wildman–Crippen LogP) is 3.18. The van der Waals surface area contributed by atoms with E-state index in [4.69, 9.17) is 5.73 Å². The Morgan fingerprint density at radius 1 is 1.05 bits per heavy atom. The van der Waals surface area contributed by atoms with Gasteiger partial charge in [0.1, 0.15) is 0 Å². The quantitative estimate of drug-likeness (QED) is 0.751. The van der Waals surface area contributed by atoms with Crippen molar-refractivity contribution < 1.29 is 0 Å². The molecule has 1 heterocycles. The van der Waals surface area contributed by atoms with Gasteiger partial charge in [-0.2, -0.15) is 5.10 Å². The highest BCUT2D eigenvalue weighted by molar-refractivity contribution is 5.65. The first-order valence-corrected chi connectivity index (χ1v) is 7.27. The summed E-state index contributed by atoms with van der Waals surface area (Å²) < 4.78 is 1.94. The van der Waals surface area contributed by atoms with Crippen molar-refractivity contribution in [2.24, 2.45) is 0 Å². The van der Waals surface area contributed by atoms with E-state index >= 15 is 0 Å². The molecule has 0 aliphatic rings. The molecule has 0 spiro atoms. The summed E-state index contributed by atoms with van der Waals surface area (Å²) in [6.45, 7) is 0.932. The van der Waals surface area contributed by atoms with Gasteiger partial charge in [0, 0.05) is 17.8 Å². The SMILES string of the molecule is CN(C)Cc1ccc(-n2nccc2-c2cccc(N)c2)cc1. The van der Waals surface area contributed by atoms with Crippen LogP contribution in [-0.2, 0) is 6.54 Å². The van der Waals surface area contributed by atoms with Gasteiger partial charge in [0.15, 0.2) is 0 Å². The number of hydrogen-bond acceptors (Lipinski definition) is 3. The van der Waals surface area contributed by atoms with E-state index in [-0.39, 0.29) is 0 Å². The van der Waals surface area contributed by atoms with Crippen molar-refractivity contribution >= 4 is 5.69 Å². The molecule has 3 rings (SSSR count). The van der Waals surface area contributed by atoms with Gasteiger partial charge >= 0.3 is 0 Å². The van der Waals surface area contributed by atoms with Crippen molar-refractivity contribution in [1.82, 2.24) is 14.7 Å². The molecule has 2 N–H and O–H groups in total. The summed E-state index contributed by atoms with van der Waals surface area (Å²) in [6, 6.07) is 18.3. The Balaban J connectivity index is 1.95. The summed E-state index contributed by atoms with van der Waals surface area (Å²) in [5.74, 6) is 0. The Morgan fingerprint density at radius 2 is 1.82 bits per heavy atom. The zero-order valence-electron chi connectivity index (χ0n) is 12.9. The number of hydrogen-bond donors (Lipinski definition) is 1. The van der Waals surface area contributed by atoms with Gasteiger partial charge in [0.05, 0.1) is 17.6 Å². The zero-order chi connectivity index (χ0) is 15.5. The van der Waals surface area contributed by atoms with Crippen LogP contribution in [0.2, 0.25) is 0 Å². The fraction of sp³-hybridized carbons (Fsp3) is 0.167. The summed E-state index contributed by atoms with van der Waals surface area (Å²) in [5.41, 5.74) is 11.1. The van der Waals surface area contributed by atoms with E-state index in [2.05, 4.69) is 48.4 Å². The molecule has 0 aliphatic carbocycles. The van der Waals surface area contributed by atoms with Crippen LogP contribution in [0, 0.1) is 0 Å². The Hall–Kier alpha value is -2.59. The van der Waals surface area contributed by atoms with Crippen LogP contribution in [0.15, 0.2) is 60.8 Å². The number of nitrogens with zero attached hydrogens (tertiary/aromatic N) is 3. The number of benzene rings is 2. The lowest BCUT2D eigenvalue weighted by Gasteiger charge is -2.11. The van der Waals surface area contributed by atoms with Crippen molar-refractivity contribution in [3.63, 3.8) is 0 Å². The van der Waals surface area contributed by atoms with Crippen LogP contribution < -0.4 is 5.73 Å². The molecule has 3 aromatic rings. The van der Waals surface area contributed by atoms with Crippen LogP contribution in [0.1, 0.15) is 5.56 Å². The second kappa shape index (κ2) is 6.03. The molecule has 0 atom stereocenters. The largest absolute Gasteiger partial charge is 0.399 e. The second-order valence-electron chi connectivity index (χ2n) is 5.66. The minimum absolute atomic E-state index is 0.756. The first kappa shape index (κ1) is 14.4. The first-order chi connectivity index (χ1) is 10.6. The van der Waals surface area contributed by atoms with Gasteiger partial charge in [0.25, 0.3) is 0 Å². The molecule has 0 unspecified atom stereocenters. The third-order valence-electron chi connectivity index (χ3n) is 3.50. The van der Waals surface area contributed by atoms with Crippen molar-refractivity contribution in [1.29, 1.82) is 0 Å². The van der Waals surface area contributed by atoms with Crippen molar-refractivity contribution in [2.75, 3.05) is 19.8 Å². The van der Waals surface area contributed by atoms with Crippen LogP contribution in [0.4, 0.5) is 5.69 Å². The third-order valence-corrected chi connectivity index (χ3v) is 3.50. The standard InChI is InChI=1S/C18H20N4/c1-21(2)13-14-6-8-17(9-7-14)22-18(10-11-20-22)15-4-3-5-16(19)12-15/h3-12H,13,19H2,1-2H3. The van der Waals surface area contributed by atoms with Crippen molar-refractivity contribution in [3.8, 4) is 16.9 Å². The molecular weight excluding hydrogens is 272 g/mol.